The van der Waals surface area contributed by atoms with E-state index in [4.69, 9.17) is 5.11 Å². The van der Waals surface area contributed by atoms with Crippen molar-refractivity contribution in [2.24, 2.45) is 0 Å². The molecule has 1 aromatic rings. The summed E-state index contributed by atoms with van der Waals surface area (Å²) in [5.74, 6) is -0.924. The van der Waals surface area contributed by atoms with Crippen molar-refractivity contribution in [3.8, 4) is 0 Å². The molecule has 4 heteroatoms. The molecule has 0 unspecified atom stereocenters. The Balaban J connectivity index is 2.39. The van der Waals surface area contributed by atoms with Crippen molar-refractivity contribution < 1.29 is 14.7 Å². The smallest absolute Gasteiger partial charge is 0.315 e. The number of nitrogens with zero attached hydrogens (tertiary/aromatic N) is 1. The first kappa shape index (κ1) is 8.87. The van der Waals surface area contributed by atoms with E-state index < -0.39 is 11.4 Å². The Morgan fingerprint density at radius 2 is 1.93 bits per heavy atom. The topological polar surface area (TPSA) is 67.3 Å². The highest BCUT2D eigenvalue weighted by Gasteiger charge is 2.51. The van der Waals surface area contributed by atoms with Gasteiger partial charge in [0.05, 0.1) is 0 Å². The maximum Gasteiger partial charge on any atom is 0.315 e. The summed E-state index contributed by atoms with van der Waals surface area (Å²) in [5.41, 5.74) is -0.320. The molecule has 0 atom stereocenters. The van der Waals surface area contributed by atoms with Gasteiger partial charge in [0.25, 0.3) is 0 Å². The maximum atomic E-state index is 11.1. The highest BCUT2D eigenvalue weighted by atomic mass is 16.4. The van der Waals surface area contributed by atoms with Gasteiger partial charge in [0.1, 0.15) is 11.2 Å². The molecule has 0 amide bonds. The third-order valence-electron chi connectivity index (χ3n) is 2.64. The molecule has 0 bridgehead atoms. The summed E-state index contributed by atoms with van der Waals surface area (Å²) < 4.78 is 0. The standard InChI is InChI=1S/C10H9NO3/c12-8-5-10(6-8,9(13)14)7-1-3-11-4-2-7/h1-4H,5-6H2,(H,13,14). The lowest BCUT2D eigenvalue weighted by Gasteiger charge is -2.36. The first-order chi connectivity index (χ1) is 6.65. The minimum absolute atomic E-state index is 0.00390. The largest absolute Gasteiger partial charge is 0.481 e. The van der Waals surface area contributed by atoms with Crippen LogP contribution < -0.4 is 0 Å². The van der Waals surface area contributed by atoms with Crippen LogP contribution in [0.1, 0.15) is 18.4 Å². The number of Topliss-reactive ketones (excluding diaryl/α,β-unsaturated/α-hetero) is 1. The fraction of sp³-hybridized carbons (Fsp3) is 0.300. The van der Waals surface area contributed by atoms with E-state index in [1.54, 1.807) is 24.5 Å². The minimum atomic E-state index is -0.986. The summed E-state index contributed by atoms with van der Waals surface area (Å²) in [6.45, 7) is 0. The van der Waals surface area contributed by atoms with Crippen LogP contribution in [0.15, 0.2) is 24.5 Å². The summed E-state index contributed by atoms with van der Waals surface area (Å²) in [6.07, 6.45) is 3.30. The zero-order valence-electron chi connectivity index (χ0n) is 7.43. The second-order valence-electron chi connectivity index (χ2n) is 3.52. The lowest BCUT2D eigenvalue weighted by atomic mass is 9.64. The summed E-state index contributed by atoms with van der Waals surface area (Å²) in [4.78, 5) is 25.8. The third-order valence-corrected chi connectivity index (χ3v) is 2.64. The number of carbonyl (C=O) groups excluding carboxylic acids is 1. The van der Waals surface area contributed by atoms with E-state index in [0.717, 1.165) is 0 Å². The van der Waals surface area contributed by atoms with Gasteiger partial charge in [-0.2, -0.15) is 0 Å². The number of pyridine rings is 1. The number of carboxylic acid groups (broad SMARTS) is 1. The van der Waals surface area contributed by atoms with Crippen molar-refractivity contribution in [3.63, 3.8) is 0 Å². The Bertz CT molecular complexity index is 378. The quantitative estimate of drug-likeness (QED) is 0.749. The average molecular weight is 191 g/mol. The van der Waals surface area contributed by atoms with E-state index >= 15 is 0 Å². The van der Waals surface area contributed by atoms with Gasteiger partial charge in [0.15, 0.2) is 0 Å². The molecule has 72 valence electrons. The number of hydrogen-bond acceptors (Lipinski definition) is 3. The highest BCUT2D eigenvalue weighted by Crippen LogP contribution is 2.41. The number of rotatable bonds is 2. The summed E-state index contributed by atoms with van der Waals surface area (Å²) in [5, 5.41) is 9.08. The Kier molecular flexibility index (Phi) is 1.84. The Hall–Kier alpha value is -1.71. The number of hydrogen-bond donors (Lipinski definition) is 1. The Morgan fingerprint density at radius 1 is 1.36 bits per heavy atom. The van der Waals surface area contributed by atoms with Gasteiger partial charge in [-0.3, -0.25) is 14.6 Å². The van der Waals surface area contributed by atoms with E-state index in [1.165, 1.54) is 0 Å². The number of aromatic nitrogens is 1. The van der Waals surface area contributed by atoms with Crippen LogP contribution in [-0.4, -0.2) is 21.8 Å². The first-order valence-electron chi connectivity index (χ1n) is 4.31. The van der Waals surface area contributed by atoms with E-state index in [0.29, 0.717) is 5.56 Å². The molecule has 1 aliphatic rings. The molecule has 1 fully saturated rings. The van der Waals surface area contributed by atoms with Gasteiger partial charge in [-0.25, -0.2) is 0 Å². The molecular formula is C10H9NO3. The lowest BCUT2D eigenvalue weighted by molar-refractivity contribution is -0.153. The minimum Gasteiger partial charge on any atom is -0.481 e. The van der Waals surface area contributed by atoms with Crippen molar-refractivity contribution >= 4 is 11.8 Å². The van der Waals surface area contributed by atoms with Crippen molar-refractivity contribution in [2.45, 2.75) is 18.3 Å². The van der Waals surface area contributed by atoms with Crippen LogP contribution in [0.4, 0.5) is 0 Å². The van der Waals surface area contributed by atoms with Gasteiger partial charge >= 0.3 is 5.97 Å². The normalized spacial score (nSPS) is 18.7. The Morgan fingerprint density at radius 3 is 2.36 bits per heavy atom. The molecule has 0 aromatic carbocycles. The molecule has 0 saturated heterocycles. The zero-order chi connectivity index (χ0) is 10.2. The fourth-order valence-electron chi connectivity index (χ4n) is 1.77. The molecule has 0 aliphatic heterocycles. The van der Waals surface area contributed by atoms with Crippen molar-refractivity contribution in [3.05, 3.63) is 30.1 Å². The fourth-order valence-corrected chi connectivity index (χ4v) is 1.77. The molecule has 1 saturated carbocycles. The molecule has 1 aliphatic carbocycles. The summed E-state index contributed by atoms with van der Waals surface area (Å²) in [6, 6.07) is 3.31. The average Bonchev–Trinajstić information content (AvgIpc) is 2.13. The monoisotopic (exact) mass is 191 g/mol. The van der Waals surface area contributed by atoms with Crippen LogP contribution in [0, 0.1) is 0 Å². The molecule has 4 nitrogen and oxygen atoms in total. The molecule has 2 rings (SSSR count). The van der Waals surface area contributed by atoms with E-state index in [1.807, 2.05) is 0 Å². The van der Waals surface area contributed by atoms with Gasteiger partial charge < -0.3 is 5.11 Å². The number of aliphatic carboxylic acids is 1. The van der Waals surface area contributed by atoms with Crippen molar-refractivity contribution in [1.82, 2.24) is 4.98 Å². The van der Waals surface area contributed by atoms with Crippen LogP contribution in [0.25, 0.3) is 0 Å². The van der Waals surface area contributed by atoms with Gasteiger partial charge in [-0.05, 0) is 17.7 Å². The van der Waals surface area contributed by atoms with E-state index in [2.05, 4.69) is 4.98 Å². The first-order valence-corrected chi connectivity index (χ1v) is 4.31. The second-order valence-corrected chi connectivity index (χ2v) is 3.52. The third kappa shape index (κ3) is 1.11. The molecular weight excluding hydrogens is 182 g/mol. The lowest BCUT2D eigenvalue weighted by Crippen LogP contribution is -2.48. The predicted molar refractivity (Wildman–Crippen MR) is 47.8 cm³/mol. The van der Waals surface area contributed by atoms with Crippen LogP contribution >= 0.6 is 0 Å². The molecule has 1 heterocycles. The van der Waals surface area contributed by atoms with Gasteiger partial charge in [-0.15, -0.1) is 0 Å². The molecule has 14 heavy (non-hydrogen) atoms. The van der Waals surface area contributed by atoms with Crippen LogP contribution in [0.3, 0.4) is 0 Å². The van der Waals surface area contributed by atoms with Gasteiger partial charge in [0, 0.05) is 25.2 Å². The number of carboxylic acids is 1. The maximum absolute atomic E-state index is 11.1. The van der Waals surface area contributed by atoms with Crippen LogP contribution in [0.2, 0.25) is 0 Å². The highest BCUT2D eigenvalue weighted by molar-refractivity contribution is 6.01. The SMILES string of the molecule is O=C1CC(C(=O)O)(c2ccncc2)C1. The molecule has 0 spiro atoms. The van der Waals surface area contributed by atoms with Gasteiger partial charge in [0.2, 0.25) is 0 Å². The zero-order valence-corrected chi connectivity index (χ0v) is 7.43. The second kappa shape index (κ2) is 2.90. The van der Waals surface area contributed by atoms with Crippen LogP contribution in [0.5, 0.6) is 0 Å². The number of ketones is 1. The van der Waals surface area contributed by atoms with E-state index in [-0.39, 0.29) is 18.6 Å². The molecule has 1 N–H and O–H groups in total. The molecule has 1 aromatic heterocycles. The molecule has 0 radical (unpaired) electrons. The van der Waals surface area contributed by atoms with Crippen molar-refractivity contribution in [2.75, 3.05) is 0 Å². The Labute approximate surface area is 80.6 Å². The van der Waals surface area contributed by atoms with E-state index in [9.17, 15) is 9.59 Å². The van der Waals surface area contributed by atoms with Crippen LogP contribution in [-0.2, 0) is 15.0 Å². The van der Waals surface area contributed by atoms with Crippen molar-refractivity contribution in [1.29, 1.82) is 0 Å². The number of carbonyl (C=O) groups is 2. The predicted octanol–water partition coefficient (Wildman–Crippen LogP) is 0.767. The summed E-state index contributed by atoms with van der Waals surface area (Å²) in [7, 11) is 0. The van der Waals surface area contributed by atoms with Gasteiger partial charge in [-0.1, -0.05) is 0 Å². The summed E-state index contributed by atoms with van der Waals surface area (Å²) >= 11 is 0.